The predicted molar refractivity (Wildman–Crippen MR) is 96.0 cm³/mol. The molecular formula is C20H19FN2O3. The minimum Gasteiger partial charge on any atom is -0.486 e. The van der Waals surface area contributed by atoms with E-state index < -0.39 is 0 Å². The summed E-state index contributed by atoms with van der Waals surface area (Å²) in [5.41, 5.74) is 3.46. The molecule has 0 unspecified atom stereocenters. The van der Waals surface area contributed by atoms with E-state index in [9.17, 15) is 9.18 Å². The molecule has 0 saturated carbocycles. The molecule has 2 heterocycles. The molecule has 1 aliphatic rings. The zero-order valence-electron chi connectivity index (χ0n) is 14.4. The summed E-state index contributed by atoms with van der Waals surface area (Å²) in [6.07, 6.45) is 0.194. The minimum atomic E-state index is -0.311. The van der Waals surface area contributed by atoms with Crippen molar-refractivity contribution in [2.24, 2.45) is 0 Å². The second kappa shape index (κ2) is 6.71. The van der Waals surface area contributed by atoms with Crippen LogP contribution in [0.4, 0.5) is 4.39 Å². The Morgan fingerprint density at radius 2 is 1.96 bits per heavy atom. The number of carbonyl (C=O) groups excluding carboxylic acids is 1. The van der Waals surface area contributed by atoms with E-state index in [0.717, 1.165) is 33.5 Å². The number of nitrogens with one attached hydrogen (secondary N) is 2. The number of benzene rings is 2. The Balaban J connectivity index is 1.45. The second-order valence-electron chi connectivity index (χ2n) is 6.35. The van der Waals surface area contributed by atoms with Crippen LogP contribution in [0.15, 0.2) is 36.4 Å². The van der Waals surface area contributed by atoms with Gasteiger partial charge in [0.15, 0.2) is 11.5 Å². The van der Waals surface area contributed by atoms with E-state index in [-0.39, 0.29) is 18.1 Å². The van der Waals surface area contributed by atoms with Crippen molar-refractivity contribution in [1.29, 1.82) is 0 Å². The number of hydrogen-bond acceptors (Lipinski definition) is 3. The molecule has 0 bridgehead atoms. The van der Waals surface area contributed by atoms with Crippen LogP contribution in [0.2, 0.25) is 0 Å². The Kier molecular flexibility index (Phi) is 4.24. The largest absolute Gasteiger partial charge is 0.486 e. The Labute approximate surface area is 150 Å². The summed E-state index contributed by atoms with van der Waals surface area (Å²) in [5.74, 6) is 0.997. The molecular weight excluding hydrogens is 335 g/mol. The molecule has 0 spiro atoms. The average Bonchev–Trinajstić information content (AvgIpc) is 2.95. The summed E-state index contributed by atoms with van der Waals surface area (Å²) in [7, 11) is 0. The van der Waals surface area contributed by atoms with Crippen LogP contribution in [0, 0.1) is 12.7 Å². The van der Waals surface area contributed by atoms with Gasteiger partial charge in [-0.05, 0) is 48.4 Å². The number of rotatable bonds is 4. The lowest BCUT2D eigenvalue weighted by Gasteiger charge is -2.19. The van der Waals surface area contributed by atoms with Crippen LogP contribution in [0.1, 0.15) is 16.8 Å². The maximum Gasteiger partial charge on any atom is 0.224 e. The molecule has 5 nitrogen and oxygen atoms in total. The first-order valence-electron chi connectivity index (χ1n) is 8.52. The Hall–Kier alpha value is -3.02. The van der Waals surface area contributed by atoms with Gasteiger partial charge < -0.3 is 19.8 Å². The SMILES string of the molecule is Cc1[nH]c2ccc(F)cc2c1CC(=O)NCc1ccc2c(c1)OCCO2. The van der Waals surface area contributed by atoms with Gasteiger partial charge in [-0.2, -0.15) is 0 Å². The Morgan fingerprint density at radius 1 is 1.15 bits per heavy atom. The van der Waals surface area contributed by atoms with Crippen molar-refractivity contribution in [2.45, 2.75) is 19.9 Å². The summed E-state index contributed by atoms with van der Waals surface area (Å²) < 4.78 is 24.6. The van der Waals surface area contributed by atoms with E-state index in [2.05, 4.69) is 10.3 Å². The third-order valence-corrected chi connectivity index (χ3v) is 4.52. The molecule has 2 N–H and O–H groups in total. The molecule has 4 rings (SSSR count). The number of carbonyl (C=O) groups is 1. The number of hydrogen-bond donors (Lipinski definition) is 2. The quantitative estimate of drug-likeness (QED) is 0.756. The van der Waals surface area contributed by atoms with Crippen molar-refractivity contribution in [2.75, 3.05) is 13.2 Å². The van der Waals surface area contributed by atoms with Crippen LogP contribution in [0.3, 0.4) is 0 Å². The smallest absolute Gasteiger partial charge is 0.224 e. The van der Waals surface area contributed by atoms with Gasteiger partial charge in [0.25, 0.3) is 0 Å². The molecule has 6 heteroatoms. The van der Waals surface area contributed by atoms with Crippen molar-refractivity contribution >= 4 is 16.8 Å². The standard InChI is InChI=1S/C20H19FN2O3/c1-12-15(16-9-14(21)3-4-17(16)23-12)10-20(24)22-11-13-2-5-18-19(8-13)26-7-6-25-18/h2-5,8-9,23H,6-7,10-11H2,1H3,(H,22,24). The molecule has 0 radical (unpaired) electrons. The number of aromatic amines is 1. The number of H-pyrrole nitrogens is 1. The van der Waals surface area contributed by atoms with E-state index in [0.29, 0.717) is 25.5 Å². The van der Waals surface area contributed by atoms with E-state index in [1.165, 1.54) is 12.1 Å². The lowest BCUT2D eigenvalue weighted by atomic mass is 10.1. The molecule has 1 amide bonds. The van der Waals surface area contributed by atoms with Crippen molar-refractivity contribution < 1.29 is 18.7 Å². The summed E-state index contributed by atoms with van der Waals surface area (Å²) in [6.45, 7) is 3.36. The van der Waals surface area contributed by atoms with E-state index in [1.54, 1.807) is 6.07 Å². The molecule has 0 fully saturated rings. The Bertz CT molecular complexity index is 981. The molecule has 134 valence electrons. The Morgan fingerprint density at radius 3 is 2.81 bits per heavy atom. The number of aromatic nitrogens is 1. The average molecular weight is 354 g/mol. The van der Waals surface area contributed by atoms with Crippen LogP contribution in [-0.2, 0) is 17.8 Å². The lowest BCUT2D eigenvalue weighted by molar-refractivity contribution is -0.120. The van der Waals surface area contributed by atoms with Gasteiger partial charge in [0.1, 0.15) is 19.0 Å². The molecule has 1 aliphatic heterocycles. The van der Waals surface area contributed by atoms with Crippen LogP contribution in [0.25, 0.3) is 10.9 Å². The maximum absolute atomic E-state index is 13.5. The predicted octanol–water partition coefficient (Wildman–Crippen LogP) is 3.25. The number of halogens is 1. The number of aryl methyl sites for hydroxylation is 1. The summed E-state index contributed by atoms with van der Waals surface area (Å²) in [5, 5.41) is 3.65. The van der Waals surface area contributed by atoms with Crippen LogP contribution >= 0.6 is 0 Å². The van der Waals surface area contributed by atoms with Gasteiger partial charge in [-0.3, -0.25) is 4.79 Å². The number of ether oxygens (including phenoxy) is 2. The van der Waals surface area contributed by atoms with Gasteiger partial charge in [0.2, 0.25) is 5.91 Å². The van der Waals surface area contributed by atoms with E-state index >= 15 is 0 Å². The first kappa shape index (κ1) is 16.4. The molecule has 1 aromatic heterocycles. The molecule has 0 atom stereocenters. The van der Waals surface area contributed by atoms with Gasteiger partial charge in [0, 0.05) is 23.1 Å². The first-order valence-corrected chi connectivity index (χ1v) is 8.52. The van der Waals surface area contributed by atoms with E-state index in [4.69, 9.17) is 9.47 Å². The number of amides is 1. The topological polar surface area (TPSA) is 63.4 Å². The highest BCUT2D eigenvalue weighted by Gasteiger charge is 2.14. The van der Waals surface area contributed by atoms with Crippen LogP contribution in [0.5, 0.6) is 11.5 Å². The summed E-state index contributed by atoms with van der Waals surface area (Å²) in [4.78, 5) is 15.6. The van der Waals surface area contributed by atoms with Crippen molar-refractivity contribution in [3.63, 3.8) is 0 Å². The van der Waals surface area contributed by atoms with Crippen molar-refractivity contribution in [3.05, 3.63) is 59.0 Å². The third-order valence-electron chi connectivity index (χ3n) is 4.52. The van der Waals surface area contributed by atoms with E-state index in [1.807, 2.05) is 25.1 Å². The maximum atomic E-state index is 13.5. The molecule has 3 aromatic rings. The minimum absolute atomic E-state index is 0.117. The number of fused-ring (bicyclic) bond motifs is 2. The zero-order valence-corrected chi connectivity index (χ0v) is 14.4. The van der Waals surface area contributed by atoms with Gasteiger partial charge in [-0.15, -0.1) is 0 Å². The highest BCUT2D eigenvalue weighted by Crippen LogP contribution is 2.30. The fraction of sp³-hybridized carbons (Fsp3) is 0.250. The van der Waals surface area contributed by atoms with Crippen LogP contribution in [-0.4, -0.2) is 24.1 Å². The molecule has 26 heavy (non-hydrogen) atoms. The third kappa shape index (κ3) is 3.22. The summed E-state index contributed by atoms with van der Waals surface area (Å²) in [6, 6.07) is 10.2. The fourth-order valence-electron chi connectivity index (χ4n) is 3.20. The normalized spacial score (nSPS) is 13.0. The van der Waals surface area contributed by atoms with Gasteiger partial charge >= 0.3 is 0 Å². The first-order chi connectivity index (χ1) is 12.6. The summed E-state index contributed by atoms with van der Waals surface area (Å²) >= 11 is 0. The van der Waals surface area contributed by atoms with Gasteiger partial charge in [0.05, 0.1) is 6.42 Å². The van der Waals surface area contributed by atoms with Crippen molar-refractivity contribution in [3.8, 4) is 11.5 Å². The molecule has 2 aromatic carbocycles. The fourth-order valence-corrected chi connectivity index (χ4v) is 3.20. The van der Waals surface area contributed by atoms with Gasteiger partial charge in [-0.25, -0.2) is 4.39 Å². The molecule has 0 saturated heterocycles. The second-order valence-corrected chi connectivity index (χ2v) is 6.35. The zero-order chi connectivity index (χ0) is 18.1. The lowest BCUT2D eigenvalue weighted by Crippen LogP contribution is -2.25. The molecule has 0 aliphatic carbocycles. The van der Waals surface area contributed by atoms with Crippen LogP contribution < -0.4 is 14.8 Å². The highest BCUT2D eigenvalue weighted by molar-refractivity contribution is 5.90. The highest BCUT2D eigenvalue weighted by atomic mass is 19.1. The monoisotopic (exact) mass is 354 g/mol. The van der Waals surface area contributed by atoms with Gasteiger partial charge in [-0.1, -0.05) is 6.07 Å². The van der Waals surface area contributed by atoms with Crippen molar-refractivity contribution in [1.82, 2.24) is 10.3 Å².